The number of alkyl halides is 1. The number of aliphatic hydroxyl groups is 4. The zero-order chi connectivity index (χ0) is 33.0. The summed E-state index contributed by atoms with van der Waals surface area (Å²) >= 11 is 2.41. The smallest absolute Gasteiger partial charge is 0.250 e. The van der Waals surface area contributed by atoms with E-state index in [4.69, 9.17) is 28.4 Å². The third-order valence-corrected chi connectivity index (χ3v) is 8.39. The number of benzene rings is 1. The Balaban J connectivity index is 1.15. The zero-order valence-electron chi connectivity index (χ0n) is 26.5. The fraction of sp³-hybridized carbons (Fsp3) is 0.774. The summed E-state index contributed by atoms with van der Waals surface area (Å²) in [6.07, 6.45) is 1.16. The molecule has 0 saturated carbocycles. The Labute approximate surface area is 285 Å². The van der Waals surface area contributed by atoms with Gasteiger partial charge in [0.1, 0.15) is 31.5 Å². The average molecular weight is 770 g/mol. The molecule has 46 heavy (non-hydrogen) atoms. The summed E-state index contributed by atoms with van der Waals surface area (Å²) in [5.41, 5.74) is 1.13. The number of carbonyl (C=O) groups excluding carboxylic acids is 1. The highest BCUT2D eigenvalue weighted by atomic mass is 127. The maximum Gasteiger partial charge on any atom is 0.250 e. The summed E-state index contributed by atoms with van der Waals surface area (Å²) in [5.74, 6) is -0.425. The Morgan fingerprint density at radius 3 is 1.91 bits per heavy atom. The number of rotatable bonds is 25. The number of hydrogen-bond acceptors (Lipinski definition) is 13. The number of ether oxygens (including phenoxy) is 6. The maximum atomic E-state index is 12.5. The lowest BCUT2D eigenvalue weighted by molar-refractivity contribution is -0.158. The number of hydrogen-bond donors (Lipinski definition) is 6. The first-order valence-electron chi connectivity index (χ1n) is 16.1. The van der Waals surface area contributed by atoms with Crippen molar-refractivity contribution in [2.45, 2.75) is 69.5 Å². The monoisotopic (exact) mass is 769 g/mol. The molecule has 15 heteroatoms. The van der Waals surface area contributed by atoms with Crippen molar-refractivity contribution in [3.05, 3.63) is 29.3 Å². The zero-order valence-corrected chi connectivity index (χ0v) is 28.7. The van der Waals surface area contributed by atoms with Crippen LogP contribution in [0.2, 0.25) is 0 Å². The van der Waals surface area contributed by atoms with Crippen LogP contribution in [0.3, 0.4) is 0 Å². The minimum atomic E-state index is -1.26. The molecule has 0 bridgehead atoms. The Kier molecular flexibility index (Phi) is 20.0. The number of fused-ring (bicyclic) bond motifs is 1. The number of piperidine rings is 1. The number of amides is 1. The second kappa shape index (κ2) is 23.3. The Bertz CT molecular complexity index is 982. The van der Waals surface area contributed by atoms with Crippen LogP contribution in [0.5, 0.6) is 0 Å². The van der Waals surface area contributed by atoms with Gasteiger partial charge in [-0.25, -0.2) is 4.90 Å². The highest BCUT2D eigenvalue weighted by Gasteiger charge is 2.45. The lowest BCUT2D eigenvalue weighted by Crippen LogP contribution is -2.57. The van der Waals surface area contributed by atoms with Gasteiger partial charge in [-0.15, -0.1) is 0 Å². The van der Waals surface area contributed by atoms with E-state index in [1.54, 1.807) is 18.2 Å². The van der Waals surface area contributed by atoms with Gasteiger partial charge in [0.05, 0.1) is 72.1 Å². The van der Waals surface area contributed by atoms with Gasteiger partial charge in [0.2, 0.25) is 5.91 Å². The van der Waals surface area contributed by atoms with Crippen LogP contribution in [-0.4, -0.2) is 133 Å². The molecule has 1 saturated heterocycles. The predicted molar refractivity (Wildman–Crippen MR) is 177 cm³/mol. The second-order valence-corrected chi connectivity index (χ2v) is 12.1. The Morgan fingerprint density at radius 2 is 1.33 bits per heavy atom. The number of nitrogens with zero attached hydrogens (tertiary/aromatic N) is 1. The second-order valence-electron chi connectivity index (χ2n) is 11.0. The molecule has 0 radical (unpaired) electrons. The summed E-state index contributed by atoms with van der Waals surface area (Å²) in [6, 6.07) is 4.32. The van der Waals surface area contributed by atoms with E-state index in [-0.39, 0.29) is 13.2 Å². The molecule has 3 rings (SSSR count). The number of carbonyl (C=O) groups is 1. The van der Waals surface area contributed by atoms with Crippen molar-refractivity contribution in [1.29, 1.82) is 0 Å². The van der Waals surface area contributed by atoms with Crippen molar-refractivity contribution in [2.24, 2.45) is 0 Å². The summed E-state index contributed by atoms with van der Waals surface area (Å²) in [4.78, 5) is 13.9. The van der Waals surface area contributed by atoms with Crippen molar-refractivity contribution in [2.75, 3.05) is 89.0 Å². The number of unbranched alkanes of at least 4 members (excludes halogenated alkanes) is 3. The molecule has 2 heterocycles. The first-order chi connectivity index (χ1) is 22.4. The van der Waals surface area contributed by atoms with Crippen LogP contribution >= 0.6 is 22.6 Å². The van der Waals surface area contributed by atoms with Gasteiger partial charge in [-0.1, -0.05) is 47.6 Å². The van der Waals surface area contributed by atoms with Gasteiger partial charge < -0.3 is 54.2 Å². The van der Waals surface area contributed by atoms with Crippen molar-refractivity contribution >= 4 is 34.2 Å². The van der Waals surface area contributed by atoms with E-state index >= 15 is 0 Å². The van der Waals surface area contributed by atoms with Crippen LogP contribution in [0.1, 0.15) is 62.1 Å². The lowest BCUT2D eigenvalue weighted by atomic mass is 10.0. The molecule has 5 atom stereocenters. The molecule has 0 aromatic heterocycles. The van der Waals surface area contributed by atoms with Crippen LogP contribution in [0.25, 0.3) is 0 Å². The van der Waals surface area contributed by atoms with E-state index in [2.05, 4.69) is 33.2 Å². The van der Waals surface area contributed by atoms with Crippen LogP contribution in [0, 0.1) is 0 Å². The van der Waals surface area contributed by atoms with Gasteiger partial charge in [-0.05, 0) is 36.2 Å². The number of halogens is 1. The average Bonchev–Trinajstić information content (AvgIpc) is 3.29. The Morgan fingerprint density at radius 1 is 0.761 bits per heavy atom. The van der Waals surface area contributed by atoms with E-state index in [0.29, 0.717) is 89.1 Å². The first-order valence-corrected chi connectivity index (χ1v) is 17.7. The molecule has 264 valence electrons. The van der Waals surface area contributed by atoms with Gasteiger partial charge in [-0.3, -0.25) is 10.1 Å². The molecule has 1 aromatic rings. The van der Waals surface area contributed by atoms with Gasteiger partial charge in [0, 0.05) is 23.4 Å². The molecule has 2 aliphatic rings. The van der Waals surface area contributed by atoms with Crippen molar-refractivity contribution in [3.8, 4) is 0 Å². The molecule has 1 amide bonds. The third-order valence-electron chi connectivity index (χ3n) is 7.63. The quantitative estimate of drug-likeness (QED) is 0.0478. The maximum absolute atomic E-state index is 12.5. The predicted octanol–water partition coefficient (Wildman–Crippen LogP) is 1.41. The molecule has 1 aromatic carbocycles. The summed E-state index contributed by atoms with van der Waals surface area (Å²) in [7, 11) is 0. The van der Waals surface area contributed by atoms with Gasteiger partial charge in [0.15, 0.2) is 0 Å². The minimum absolute atomic E-state index is 0.209. The van der Waals surface area contributed by atoms with E-state index in [1.807, 2.05) is 0 Å². The van der Waals surface area contributed by atoms with Crippen molar-refractivity contribution < 1.29 is 53.6 Å². The molecule has 6 N–H and O–H groups in total. The van der Waals surface area contributed by atoms with E-state index in [1.165, 1.54) is 28.6 Å². The topological polar surface area (TPSA) is 181 Å². The highest BCUT2D eigenvalue weighted by Crippen LogP contribution is 2.45. The normalized spacial score (nSPS) is 23.1. The molecule has 2 aliphatic heterocycles. The molecule has 0 aliphatic carbocycles. The van der Waals surface area contributed by atoms with E-state index in [9.17, 15) is 25.2 Å². The van der Waals surface area contributed by atoms with Gasteiger partial charge >= 0.3 is 0 Å². The highest BCUT2D eigenvalue weighted by molar-refractivity contribution is 14.1. The number of nitrogens with one attached hydrogen (secondary N) is 2. The summed E-state index contributed by atoms with van der Waals surface area (Å²) < 4.78 is 34.1. The molecule has 5 unspecified atom stereocenters. The number of anilines is 1. The van der Waals surface area contributed by atoms with Gasteiger partial charge in [0.25, 0.3) is 0 Å². The Hall–Kier alpha value is -1.06. The molecular formula is C31H52IN3O11. The lowest BCUT2D eigenvalue weighted by Gasteiger charge is -2.40. The molecular weight excluding hydrogens is 717 g/mol. The first kappa shape index (κ1) is 39.4. The van der Waals surface area contributed by atoms with Crippen LogP contribution < -0.4 is 10.6 Å². The van der Waals surface area contributed by atoms with E-state index < -0.39 is 36.9 Å². The summed E-state index contributed by atoms with van der Waals surface area (Å²) in [5, 5.41) is 47.4. The molecule has 0 spiro atoms. The van der Waals surface area contributed by atoms with E-state index in [0.717, 1.165) is 13.0 Å². The number of aliphatic hydroxyl groups excluding tert-OH is 4. The standard InChI is InChI=1S/C31H52IN3O11/c32-10-3-1-2-4-11-41-12-13-42-14-15-43-16-17-44-18-19-45-20-21-46-22-27(37)33-24-7-5-6-23-28(24)31(40)35(30(23)39)25-8-9-26(36)34-29(25)38/h5-7,25-26,29-31,34,36,38-40H,1-4,8-22H2,(H,33,37). The SMILES string of the molecule is O=C(COCCOCCOCCOCCOCCOCCCCCCI)Nc1cccc2c1C(O)N(C1CCC(O)NC1O)C2O. The fourth-order valence-corrected chi connectivity index (χ4v) is 5.84. The minimum Gasteiger partial charge on any atom is -0.379 e. The van der Waals surface area contributed by atoms with Crippen LogP contribution in [0.4, 0.5) is 5.69 Å². The summed E-state index contributed by atoms with van der Waals surface area (Å²) in [6.45, 7) is 5.00. The third kappa shape index (κ3) is 13.8. The van der Waals surface area contributed by atoms with Crippen LogP contribution in [0.15, 0.2) is 18.2 Å². The molecule has 14 nitrogen and oxygen atoms in total. The fourth-order valence-electron chi connectivity index (χ4n) is 5.30. The molecule has 1 fully saturated rings. The van der Waals surface area contributed by atoms with Crippen molar-refractivity contribution in [3.63, 3.8) is 0 Å². The van der Waals surface area contributed by atoms with Crippen molar-refractivity contribution in [1.82, 2.24) is 10.2 Å². The largest absolute Gasteiger partial charge is 0.379 e. The van der Waals surface area contributed by atoms with Crippen LogP contribution in [-0.2, 0) is 33.2 Å². The van der Waals surface area contributed by atoms with Gasteiger partial charge in [-0.2, -0.15) is 0 Å².